The first-order valence-corrected chi connectivity index (χ1v) is 12.5. The molecule has 3 aromatic rings. The van der Waals surface area contributed by atoms with Crippen molar-refractivity contribution in [2.45, 2.75) is 58.4 Å². The Kier molecular flexibility index (Phi) is 7.93. The van der Waals surface area contributed by atoms with E-state index in [0.717, 1.165) is 40.3 Å². The average molecular weight is 493 g/mol. The third kappa shape index (κ3) is 6.34. The molecular formula is C26H28N4O4S. The fourth-order valence-electron chi connectivity index (χ4n) is 4.38. The van der Waals surface area contributed by atoms with Gasteiger partial charge in [-0.15, -0.1) is 11.3 Å². The molecule has 3 aromatic heterocycles. The van der Waals surface area contributed by atoms with E-state index in [1.54, 1.807) is 30.5 Å². The van der Waals surface area contributed by atoms with Gasteiger partial charge in [0.05, 0.1) is 18.7 Å². The van der Waals surface area contributed by atoms with Crippen molar-refractivity contribution in [3.05, 3.63) is 68.5 Å². The number of nitrogens with one attached hydrogen (secondary N) is 1. The molecule has 0 aromatic carbocycles. The van der Waals surface area contributed by atoms with E-state index < -0.39 is 6.09 Å². The smallest absolute Gasteiger partial charge is 0.407 e. The molecule has 2 atom stereocenters. The third-order valence-electron chi connectivity index (χ3n) is 6.18. The van der Waals surface area contributed by atoms with Crippen LogP contribution < -0.4 is 5.32 Å². The Morgan fingerprint density at radius 2 is 2.26 bits per heavy atom. The highest BCUT2D eigenvalue weighted by Gasteiger charge is 2.27. The summed E-state index contributed by atoms with van der Waals surface area (Å²) in [5.41, 5.74) is 3.25. The summed E-state index contributed by atoms with van der Waals surface area (Å²) in [7, 11) is 0. The van der Waals surface area contributed by atoms with Crippen molar-refractivity contribution in [1.82, 2.24) is 15.5 Å². The highest BCUT2D eigenvalue weighted by atomic mass is 32.1. The van der Waals surface area contributed by atoms with Crippen molar-refractivity contribution < 1.29 is 18.8 Å². The van der Waals surface area contributed by atoms with Crippen LogP contribution in [-0.2, 0) is 35.3 Å². The summed E-state index contributed by atoms with van der Waals surface area (Å²) in [6.07, 6.45) is 4.22. The Morgan fingerprint density at radius 3 is 2.97 bits per heavy atom. The van der Waals surface area contributed by atoms with Crippen LogP contribution in [0.2, 0.25) is 0 Å². The molecule has 0 saturated carbocycles. The summed E-state index contributed by atoms with van der Waals surface area (Å²) in [4.78, 5) is 31.1. The Labute approximate surface area is 208 Å². The number of thiophene rings is 1. The lowest BCUT2D eigenvalue weighted by molar-refractivity contribution is -0.118. The monoisotopic (exact) mass is 492 g/mol. The molecular weight excluding hydrogens is 464 g/mol. The molecule has 1 aliphatic rings. The number of fused-ring (bicyclic) bond motifs is 1. The zero-order chi connectivity index (χ0) is 24.8. The standard InChI is InChI=1S/C26H28N4O4S/c1-16(23-5-3-4-8-28-23)9-20(31)12-25-22(13-27)21-7-6-18(11-24(21)35-25)15-33-26(32)29-14-19-10-17(2)34-30-19/h3-5,8,10,16,18H,6-7,9,11-12,14-15H2,1-2H3,(H,29,32). The molecule has 1 N–H and O–H groups in total. The summed E-state index contributed by atoms with van der Waals surface area (Å²) in [6, 6.07) is 9.80. The number of nitrogens with zero attached hydrogens (tertiary/aromatic N) is 3. The normalized spacial score (nSPS) is 15.6. The lowest BCUT2D eigenvalue weighted by Crippen LogP contribution is -2.27. The van der Waals surface area contributed by atoms with Crippen LogP contribution in [-0.4, -0.2) is 28.6 Å². The van der Waals surface area contributed by atoms with E-state index >= 15 is 0 Å². The van der Waals surface area contributed by atoms with E-state index in [1.807, 2.05) is 25.1 Å². The maximum absolute atomic E-state index is 12.8. The van der Waals surface area contributed by atoms with Gasteiger partial charge < -0.3 is 14.6 Å². The molecule has 0 radical (unpaired) electrons. The zero-order valence-electron chi connectivity index (χ0n) is 19.9. The van der Waals surface area contributed by atoms with Gasteiger partial charge >= 0.3 is 6.09 Å². The molecule has 0 fully saturated rings. The van der Waals surface area contributed by atoms with E-state index in [9.17, 15) is 14.9 Å². The predicted molar refractivity (Wildman–Crippen MR) is 130 cm³/mol. The van der Waals surface area contributed by atoms with Gasteiger partial charge in [0.25, 0.3) is 0 Å². The number of hydrogen-bond donors (Lipinski definition) is 1. The third-order valence-corrected chi connectivity index (χ3v) is 7.43. The Bertz CT molecular complexity index is 1230. The molecule has 0 spiro atoms. The topological polar surface area (TPSA) is 118 Å². The average Bonchev–Trinajstić information content (AvgIpc) is 3.43. The Balaban J connectivity index is 1.30. The number of alkyl carbamates (subject to hydrolysis) is 1. The van der Waals surface area contributed by atoms with Crippen LogP contribution in [0.4, 0.5) is 4.79 Å². The molecule has 8 nitrogen and oxygen atoms in total. The van der Waals surface area contributed by atoms with Gasteiger partial charge in [0.1, 0.15) is 23.3 Å². The Morgan fingerprint density at radius 1 is 1.40 bits per heavy atom. The number of carbonyl (C=O) groups excluding carboxylic acids is 2. The molecule has 1 amide bonds. The maximum atomic E-state index is 12.8. The second kappa shape index (κ2) is 11.3. The number of Topliss-reactive ketones (excluding diaryl/α,β-unsaturated/α-hetero) is 1. The zero-order valence-corrected chi connectivity index (χ0v) is 20.7. The number of nitriles is 1. The number of aryl methyl sites for hydroxylation is 1. The number of pyridine rings is 1. The number of hydrogen-bond acceptors (Lipinski definition) is 8. The molecule has 0 saturated heterocycles. The van der Waals surface area contributed by atoms with E-state index in [2.05, 4.69) is 21.5 Å². The predicted octanol–water partition coefficient (Wildman–Crippen LogP) is 4.65. The summed E-state index contributed by atoms with van der Waals surface area (Å²) in [5.74, 6) is 1.01. The van der Waals surface area contributed by atoms with Crippen molar-refractivity contribution in [3.63, 3.8) is 0 Å². The molecule has 1 aliphatic carbocycles. The lowest BCUT2D eigenvalue weighted by atomic mass is 9.87. The van der Waals surface area contributed by atoms with E-state index in [1.165, 1.54) is 0 Å². The van der Waals surface area contributed by atoms with Gasteiger partial charge in [0, 0.05) is 46.5 Å². The number of carbonyl (C=O) groups is 2. The maximum Gasteiger partial charge on any atom is 0.407 e. The van der Waals surface area contributed by atoms with Gasteiger partial charge in [-0.05, 0) is 49.8 Å². The molecule has 2 unspecified atom stereocenters. The lowest BCUT2D eigenvalue weighted by Gasteiger charge is -2.21. The van der Waals surface area contributed by atoms with Crippen molar-refractivity contribution in [3.8, 4) is 6.07 Å². The highest BCUT2D eigenvalue weighted by Crippen LogP contribution is 2.37. The van der Waals surface area contributed by atoms with Crippen LogP contribution in [0.5, 0.6) is 0 Å². The fourth-order valence-corrected chi connectivity index (χ4v) is 5.83. The van der Waals surface area contributed by atoms with Crippen LogP contribution in [0.1, 0.15) is 63.7 Å². The number of ketones is 1. The number of amides is 1. The second-order valence-corrected chi connectivity index (χ2v) is 10.2. The number of aromatic nitrogens is 2. The van der Waals surface area contributed by atoms with Crippen molar-refractivity contribution in [2.24, 2.45) is 5.92 Å². The molecule has 0 aliphatic heterocycles. The summed E-state index contributed by atoms with van der Waals surface area (Å²) in [5, 5.41) is 16.3. The van der Waals surface area contributed by atoms with Crippen LogP contribution in [0.15, 0.2) is 35.0 Å². The first-order chi connectivity index (χ1) is 16.9. The molecule has 4 rings (SSSR count). The van der Waals surface area contributed by atoms with E-state index in [4.69, 9.17) is 9.26 Å². The molecule has 0 bridgehead atoms. The Hall–Kier alpha value is -3.51. The van der Waals surface area contributed by atoms with Crippen molar-refractivity contribution in [2.75, 3.05) is 6.61 Å². The van der Waals surface area contributed by atoms with Crippen molar-refractivity contribution in [1.29, 1.82) is 5.26 Å². The second-order valence-electron chi connectivity index (χ2n) is 8.98. The quantitative estimate of drug-likeness (QED) is 0.462. The van der Waals surface area contributed by atoms with Gasteiger partial charge in [0.2, 0.25) is 0 Å². The minimum atomic E-state index is -0.492. The van der Waals surface area contributed by atoms with Crippen LogP contribution in [0.3, 0.4) is 0 Å². The minimum Gasteiger partial charge on any atom is -0.449 e. The summed E-state index contributed by atoms with van der Waals surface area (Å²) >= 11 is 1.55. The minimum absolute atomic E-state index is 0.0322. The van der Waals surface area contributed by atoms with Gasteiger partial charge in [-0.3, -0.25) is 9.78 Å². The molecule has 9 heteroatoms. The van der Waals surface area contributed by atoms with Crippen LogP contribution in [0.25, 0.3) is 0 Å². The van der Waals surface area contributed by atoms with Gasteiger partial charge in [-0.25, -0.2) is 4.79 Å². The van der Waals surface area contributed by atoms with Gasteiger partial charge in [-0.2, -0.15) is 5.26 Å². The largest absolute Gasteiger partial charge is 0.449 e. The van der Waals surface area contributed by atoms with Gasteiger partial charge in [-0.1, -0.05) is 18.1 Å². The SMILES string of the molecule is Cc1cc(CNC(=O)OCC2CCc3c(sc(CC(=O)CC(C)c4ccccn4)c3C#N)C2)no1. The first kappa shape index (κ1) is 24.6. The highest BCUT2D eigenvalue weighted by molar-refractivity contribution is 7.12. The van der Waals surface area contributed by atoms with Crippen LogP contribution >= 0.6 is 11.3 Å². The van der Waals surface area contributed by atoms with Crippen LogP contribution in [0, 0.1) is 24.2 Å². The summed E-state index contributed by atoms with van der Waals surface area (Å²) in [6.45, 7) is 4.34. The molecule has 35 heavy (non-hydrogen) atoms. The summed E-state index contributed by atoms with van der Waals surface area (Å²) < 4.78 is 10.4. The number of rotatable bonds is 9. The number of ether oxygens (including phenoxy) is 1. The van der Waals surface area contributed by atoms with Gasteiger partial charge in [0.15, 0.2) is 0 Å². The molecule has 3 heterocycles. The fraction of sp³-hybridized carbons (Fsp3) is 0.423. The van der Waals surface area contributed by atoms with Crippen molar-refractivity contribution >= 4 is 23.2 Å². The van der Waals surface area contributed by atoms with E-state index in [0.29, 0.717) is 30.0 Å². The van der Waals surface area contributed by atoms with E-state index in [-0.39, 0.29) is 30.6 Å². The molecule has 182 valence electrons. The first-order valence-electron chi connectivity index (χ1n) is 11.7.